The van der Waals surface area contributed by atoms with Crippen LogP contribution in [0, 0.1) is 0 Å². The van der Waals surface area contributed by atoms with Gasteiger partial charge in [-0.25, -0.2) is 0 Å². The van der Waals surface area contributed by atoms with E-state index in [1.807, 2.05) is 13.8 Å². The van der Waals surface area contributed by atoms with Gasteiger partial charge in [0.1, 0.15) is 0 Å². The van der Waals surface area contributed by atoms with Gasteiger partial charge in [0, 0.05) is 6.04 Å². The molecule has 0 bridgehead atoms. The van der Waals surface area contributed by atoms with E-state index in [-0.39, 0.29) is 18.2 Å². The van der Waals surface area contributed by atoms with Gasteiger partial charge in [0.2, 0.25) is 0 Å². The highest BCUT2D eigenvalue weighted by Crippen LogP contribution is 2.27. The van der Waals surface area contributed by atoms with E-state index < -0.39 is 0 Å². The minimum atomic E-state index is -0.222. The van der Waals surface area contributed by atoms with Gasteiger partial charge >= 0.3 is 0 Å². The minimum Gasteiger partial charge on any atom is -0.394 e. The number of rotatable bonds is 3. The average molecular weight is 213 g/mol. The summed E-state index contributed by atoms with van der Waals surface area (Å²) in [5.74, 6) is 0.459. The van der Waals surface area contributed by atoms with Crippen LogP contribution < -0.4 is 11.1 Å². The fourth-order valence-corrected chi connectivity index (χ4v) is 2.13. The zero-order valence-electron chi connectivity index (χ0n) is 9.79. The maximum absolute atomic E-state index is 9.45. The Morgan fingerprint density at radius 3 is 2.47 bits per heavy atom. The third-order valence-electron chi connectivity index (χ3n) is 2.90. The molecule has 1 saturated carbocycles. The fraction of sp³-hybridized carbons (Fsp3) is 0.909. The predicted molar refractivity (Wildman–Crippen MR) is 62.8 cm³/mol. The van der Waals surface area contributed by atoms with Crippen molar-refractivity contribution in [1.29, 1.82) is 0 Å². The maximum atomic E-state index is 9.45. The van der Waals surface area contributed by atoms with E-state index in [1.165, 1.54) is 6.42 Å². The predicted octanol–water partition coefficient (Wildman–Crippen LogP) is 0.994. The largest absolute Gasteiger partial charge is 0.394 e. The first-order valence-corrected chi connectivity index (χ1v) is 5.80. The van der Waals surface area contributed by atoms with Crippen LogP contribution in [0.2, 0.25) is 0 Å². The van der Waals surface area contributed by atoms with Gasteiger partial charge < -0.3 is 16.2 Å². The van der Waals surface area contributed by atoms with Crippen LogP contribution in [0.3, 0.4) is 0 Å². The van der Waals surface area contributed by atoms with Crippen LogP contribution in [0.25, 0.3) is 0 Å². The molecule has 15 heavy (non-hydrogen) atoms. The standard InChI is InChI=1S/C11H23N3O/c1-9(2)13-10(12)14-11(8-15)6-4-3-5-7-11/h9,15H,3-8H2,1-2H3,(H3,12,13,14). The Morgan fingerprint density at radius 1 is 1.40 bits per heavy atom. The zero-order valence-corrected chi connectivity index (χ0v) is 9.79. The fourth-order valence-electron chi connectivity index (χ4n) is 2.13. The second-order valence-corrected chi connectivity index (χ2v) is 4.73. The number of hydrogen-bond acceptors (Lipinski definition) is 2. The molecule has 0 aliphatic heterocycles. The van der Waals surface area contributed by atoms with Gasteiger partial charge in [0.25, 0.3) is 0 Å². The van der Waals surface area contributed by atoms with Gasteiger partial charge in [-0.1, -0.05) is 19.3 Å². The highest BCUT2D eigenvalue weighted by Gasteiger charge is 2.31. The summed E-state index contributed by atoms with van der Waals surface area (Å²) in [5.41, 5.74) is 5.57. The third kappa shape index (κ3) is 3.70. The summed E-state index contributed by atoms with van der Waals surface area (Å²) in [6.45, 7) is 4.11. The molecule has 1 rings (SSSR count). The summed E-state index contributed by atoms with van der Waals surface area (Å²) in [4.78, 5) is 4.24. The van der Waals surface area contributed by atoms with Gasteiger partial charge in [-0.3, -0.25) is 4.99 Å². The molecule has 0 atom stereocenters. The number of nitrogens with two attached hydrogens (primary N) is 1. The number of nitrogens with zero attached hydrogens (tertiary/aromatic N) is 1. The molecule has 4 heteroatoms. The molecule has 0 saturated heterocycles. The molecule has 1 aliphatic carbocycles. The lowest BCUT2D eigenvalue weighted by Gasteiger charge is -2.36. The number of nitrogens with one attached hydrogen (secondary N) is 1. The lowest BCUT2D eigenvalue weighted by atomic mass is 9.82. The van der Waals surface area contributed by atoms with Gasteiger partial charge in [-0.15, -0.1) is 0 Å². The van der Waals surface area contributed by atoms with Crippen LogP contribution in [-0.4, -0.2) is 29.3 Å². The van der Waals surface area contributed by atoms with Crippen molar-refractivity contribution in [2.75, 3.05) is 6.61 Å². The Balaban J connectivity index is 2.59. The molecule has 0 aromatic heterocycles. The van der Waals surface area contributed by atoms with Crippen LogP contribution in [-0.2, 0) is 0 Å². The highest BCUT2D eigenvalue weighted by molar-refractivity contribution is 5.78. The van der Waals surface area contributed by atoms with E-state index in [1.54, 1.807) is 0 Å². The third-order valence-corrected chi connectivity index (χ3v) is 2.90. The van der Waals surface area contributed by atoms with E-state index in [4.69, 9.17) is 5.73 Å². The van der Waals surface area contributed by atoms with Crippen molar-refractivity contribution in [3.05, 3.63) is 0 Å². The van der Waals surface area contributed by atoms with Crippen molar-refractivity contribution in [3.8, 4) is 0 Å². The quantitative estimate of drug-likeness (QED) is 0.484. The summed E-state index contributed by atoms with van der Waals surface area (Å²) in [6.07, 6.45) is 5.53. The van der Waals surface area contributed by atoms with E-state index >= 15 is 0 Å². The first-order chi connectivity index (χ1) is 7.08. The number of hydrogen-bond donors (Lipinski definition) is 3. The topological polar surface area (TPSA) is 70.6 Å². The highest BCUT2D eigenvalue weighted by atomic mass is 16.3. The normalized spacial score (nSPS) is 21.7. The summed E-state index contributed by atoms with van der Waals surface area (Å²) in [6, 6.07) is 0.192. The lowest BCUT2D eigenvalue weighted by molar-refractivity contribution is 0.139. The second-order valence-electron chi connectivity index (χ2n) is 4.73. The van der Waals surface area contributed by atoms with E-state index in [0.29, 0.717) is 5.96 Å². The Morgan fingerprint density at radius 2 is 2.00 bits per heavy atom. The van der Waals surface area contributed by atoms with E-state index in [9.17, 15) is 5.11 Å². The van der Waals surface area contributed by atoms with E-state index in [0.717, 1.165) is 25.7 Å². The number of aliphatic hydroxyl groups excluding tert-OH is 1. The Labute approximate surface area is 92.0 Å². The Bertz CT molecular complexity index is 220. The van der Waals surface area contributed by atoms with E-state index in [2.05, 4.69) is 10.3 Å². The summed E-state index contributed by atoms with van der Waals surface area (Å²) in [7, 11) is 0. The summed E-state index contributed by atoms with van der Waals surface area (Å²) in [5, 5.41) is 12.6. The second kappa shape index (κ2) is 5.35. The number of aliphatic hydroxyl groups is 1. The monoisotopic (exact) mass is 213 g/mol. The number of guanidine groups is 1. The van der Waals surface area contributed by atoms with Crippen molar-refractivity contribution in [1.82, 2.24) is 5.32 Å². The minimum absolute atomic E-state index is 0.140. The molecule has 0 radical (unpaired) electrons. The molecule has 4 nitrogen and oxygen atoms in total. The van der Waals surface area contributed by atoms with Gasteiger partial charge in [0.15, 0.2) is 5.96 Å². The van der Waals surface area contributed by atoms with Crippen LogP contribution in [0.15, 0.2) is 4.99 Å². The van der Waals surface area contributed by atoms with Gasteiger partial charge in [0.05, 0.1) is 12.1 Å². The smallest absolute Gasteiger partial charge is 0.189 e. The summed E-state index contributed by atoms with van der Waals surface area (Å²) < 4.78 is 0. The van der Waals surface area contributed by atoms with Crippen molar-refractivity contribution < 1.29 is 5.11 Å². The average Bonchev–Trinajstić information content (AvgIpc) is 2.17. The Kier molecular flexibility index (Phi) is 4.39. The first-order valence-electron chi connectivity index (χ1n) is 5.80. The molecule has 88 valence electrons. The van der Waals surface area contributed by atoms with Crippen LogP contribution in [0.1, 0.15) is 46.0 Å². The molecule has 1 aliphatic rings. The molecule has 1 fully saturated rings. The molecule has 0 aromatic rings. The van der Waals surface area contributed by atoms with Crippen LogP contribution in [0.4, 0.5) is 0 Å². The van der Waals surface area contributed by atoms with Crippen LogP contribution in [0.5, 0.6) is 0 Å². The zero-order chi connectivity index (χ0) is 11.3. The summed E-state index contributed by atoms with van der Waals surface area (Å²) >= 11 is 0. The molecule has 0 unspecified atom stereocenters. The van der Waals surface area contributed by atoms with Gasteiger partial charge in [-0.05, 0) is 26.7 Å². The molecule has 0 spiro atoms. The van der Waals surface area contributed by atoms with Crippen molar-refractivity contribution in [2.45, 2.75) is 57.5 Å². The van der Waals surface area contributed by atoms with Crippen molar-refractivity contribution in [3.63, 3.8) is 0 Å². The molecule has 0 amide bonds. The van der Waals surface area contributed by atoms with Crippen molar-refractivity contribution in [2.24, 2.45) is 10.7 Å². The van der Waals surface area contributed by atoms with Gasteiger partial charge in [-0.2, -0.15) is 0 Å². The first kappa shape index (κ1) is 12.3. The lowest BCUT2D eigenvalue weighted by Crippen LogP contribution is -2.55. The number of aliphatic imine (C=N–C) groups is 1. The maximum Gasteiger partial charge on any atom is 0.189 e. The molecule has 0 aromatic carbocycles. The van der Waals surface area contributed by atoms with Crippen molar-refractivity contribution >= 4 is 5.96 Å². The Hall–Kier alpha value is -0.770. The SMILES string of the molecule is CC(C)N=C(N)NC1(CO)CCCCC1. The van der Waals surface area contributed by atoms with Crippen LogP contribution >= 0.6 is 0 Å². The molecule has 4 N–H and O–H groups in total. The molecular formula is C11H23N3O. The molecular weight excluding hydrogens is 190 g/mol. The molecule has 0 heterocycles.